The van der Waals surface area contributed by atoms with Gasteiger partial charge in [-0.3, -0.25) is 9.69 Å². The highest BCUT2D eigenvalue weighted by atomic mass is 16.6. The number of carbonyl (C=O) groups excluding carboxylic acids is 2. The van der Waals surface area contributed by atoms with Crippen LogP contribution >= 0.6 is 0 Å². The zero-order valence-corrected chi connectivity index (χ0v) is 22.6. The number of carbonyl (C=O) groups is 2. The molecule has 11 heteroatoms. The Morgan fingerprint density at radius 3 is 2.58 bits per heavy atom. The number of rotatable bonds is 10. The van der Waals surface area contributed by atoms with Gasteiger partial charge in [-0.15, -0.1) is 0 Å². The minimum absolute atomic E-state index is 0.207. The van der Waals surface area contributed by atoms with Gasteiger partial charge in [0.2, 0.25) is 5.91 Å². The topological polar surface area (TPSA) is 135 Å². The molecule has 208 valence electrons. The number of amides is 2. The molecule has 1 aromatic carbocycles. The second-order valence-electron chi connectivity index (χ2n) is 10.8. The molecule has 1 aromatic rings. The summed E-state index contributed by atoms with van der Waals surface area (Å²) in [6, 6.07) is 11.8. The second-order valence-corrected chi connectivity index (χ2v) is 10.8. The summed E-state index contributed by atoms with van der Waals surface area (Å²) in [7, 11) is -1.73. The quantitative estimate of drug-likeness (QED) is 0.391. The number of nitrogens with one attached hydrogen (secondary N) is 1. The van der Waals surface area contributed by atoms with Crippen molar-refractivity contribution >= 4 is 19.1 Å². The zero-order valence-electron chi connectivity index (χ0n) is 22.6. The molecule has 0 aromatic heterocycles. The molecule has 0 radical (unpaired) electrons. The molecule has 0 aliphatic carbocycles. The largest absolute Gasteiger partial charge is 0.475 e. The minimum Gasteiger partial charge on any atom is -0.444 e. The van der Waals surface area contributed by atoms with E-state index in [1.807, 2.05) is 30.3 Å². The van der Waals surface area contributed by atoms with Crippen molar-refractivity contribution in [1.82, 2.24) is 15.1 Å². The number of hydrogen-bond acceptors (Lipinski definition) is 8. The molecule has 10 nitrogen and oxygen atoms in total. The van der Waals surface area contributed by atoms with E-state index in [1.165, 1.54) is 0 Å². The Labute approximate surface area is 226 Å². The van der Waals surface area contributed by atoms with Crippen LogP contribution in [0.1, 0.15) is 51.5 Å². The third kappa shape index (κ3) is 8.98. The summed E-state index contributed by atoms with van der Waals surface area (Å²) < 4.78 is 11.1. The predicted octanol–water partition coefficient (Wildman–Crippen LogP) is 1.75. The first-order valence-electron chi connectivity index (χ1n) is 13.6. The third-order valence-electron chi connectivity index (χ3n) is 7.49. The smallest absolute Gasteiger partial charge is 0.444 e. The van der Waals surface area contributed by atoms with Crippen LogP contribution in [0.4, 0.5) is 4.79 Å². The van der Waals surface area contributed by atoms with E-state index in [9.17, 15) is 24.9 Å². The van der Waals surface area contributed by atoms with E-state index in [1.54, 1.807) is 4.90 Å². The summed E-state index contributed by atoms with van der Waals surface area (Å²) in [6.07, 6.45) is 2.12. The van der Waals surface area contributed by atoms with Crippen molar-refractivity contribution in [2.24, 2.45) is 5.92 Å². The highest BCUT2D eigenvalue weighted by molar-refractivity contribution is 6.43. The number of ether oxygens (including phenoxy) is 2. The number of aryl methyl sites for hydroxylation is 1. The molecule has 2 aliphatic rings. The van der Waals surface area contributed by atoms with E-state index >= 15 is 0 Å². The Bertz CT molecular complexity index is 935. The van der Waals surface area contributed by atoms with Crippen molar-refractivity contribution < 1.29 is 29.1 Å². The first kappa shape index (κ1) is 29.9. The van der Waals surface area contributed by atoms with Crippen LogP contribution in [0, 0.1) is 17.2 Å². The fourth-order valence-electron chi connectivity index (χ4n) is 5.20. The molecule has 2 saturated heterocycles. The van der Waals surface area contributed by atoms with Gasteiger partial charge in [0.15, 0.2) is 0 Å². The molecule has 0 saturated carbocycles. The van der Waals surface area contributed by atoms with E-state index < -0.39 is 31.2 Å². The lowest BCUT2D eigenvalue weighted by Crippen LogP contribution is -2.52. The Morgan fingerprint density at radius 1 is 1.21 bits per heavy atom. The van der Waals surface area contributed by atoms with Gasteiger partial charge in [-0.1, -0.05) is 30.3 Å². The van der Waals surface area contributed by atoms with Crippen molar-refractivity contribution in [3.8, 4) is 6.07 Å². The molecule has 3 N–H and O–H groups in total. The highest BCUT2D eigenvalue weighted by Gasteiger charge is 2.37. The van der Waals surface area contributed by atoms with Crippen LogP contribution in [0.25, 0.3) is 0 Å². The summed E-state index contributed by atoms with van der Waals surface area (Å²) in [5.74, 6) is -1.93. The van der Waals surface area contributed by atoms with E-state index in [0.717, 1.165) is 31.5 Å². The standard InChI is InChI=1S/C27H41BN4O6/c1-27(2,32-14-16-37-17-15-32)18-22(19-29)25(33)31-13-7-6-10-23(20-31)38-26(34)30-24(28(35)36)12-11-21-8-4-3-5-9-21/h3-5,8-9,22-24,35-36H,6-7,10-18,20H2,1-2H3,(H,30,34)/t22?,23-,24+/m1/s1. The van der Waals surface area contributed by atoms with Crippen LogP contribution in [0.2, 0.25) is 0 Å². The van der Waals surface area contributed by atoms with Gasteiger partial charge in [0.1, 0.15) is 12.0 Å². The van der Waals surface area contributed by atoms with Crippen LogP contribution in [-0.4, -0.2) is 95.9 Å². The average molecular weight is 528 g/mol. The van der Waals surface area contributed by atoms with Crippen LogP contribution in [0.3, 0.4) is 0 Å². The Morgan fingerprint density at radius 2 is 1.92 bits per heavy atom. The molecule has 38 heavy (non-hydrogen) atoms. The number of nitriles is 1. The summed E-state index contributed by atoms with van der Waals surface area (Å²) >= 11 is 0. The Kier molecular flexibility index (Phi) is 11.4. The van der Waals surface area contributed by atoms with Gasteiger partial charge in [-0.25, -0.2) is 4.79 Å². The molecule has 1 unspecified atom stereocenters. The van der Waals surface area contributed by atoms with Gasteiger partial charge in [0.05, 0.1) is 31.8 Å². The maximum Gasteiger partial charge on any atom is 0.475 e. The molecule has 2 fully saturated rings. The first-order valence-corrected chi connectivity index (χ1v) is 13.6. The van der Waals surface area contributed by atoms with E-state index in [4.69, 9.17) is 9.47 Å². The number of hydrogen-bond donors (Lipinski definition) is 3. The van der Waals surface area contributed by atoms with Gasteiger partial charge < -0.3 is 29.7 Å². The van der Waals surface area contributed by atoms with Crippen LogP contribution in [0.5, 0.6) is 0 Å². The maximum absolute atomic E-state index is 13.4. The van der Waals surface area contributed by atoms with Crippen molar-refractivity contribution in [2.75, 3.05) is 39.4 Å². The summed E-state index contributed by atoms with van der Waals surface area (Å²) in [5.41, 5.74) is 0.691. The monoisotopic (exact) mass is 528 g/mol. The van der Waals surface area contributed by atoms with Gasteiger partial charge in [0.25, 0.3) is 0 Å². The lowest BCUT2D eigenvalue weighted by atomic mass is 9.76. The zero-order chi connectivity index (χ0) is 27.5. The lowest BCUT2D eigenvalue weighted by molar-refractivity contribution is -0.136. The number of likely N-dealkylation sites (tertiary alicyclic amines) is 1. The second kappa shape index (κ2) is 14.5. The van der Waals surface area contributed by atoms with Crippen LogP contribution in [-0.2, 0) is 20.7 Å². The fraction of sp³-hybridized carbons (Fsp3) is 0.667. The lowest BCUT2D eigenvalue weighted by Gasteiger charge is -2.42. The molecule has 3 atom stereocenters. The fourth-order valence-corrected chi connectivity index (χ4v) is 5.20. The molecule has 2 aliphatic heterocycles. The number of alkyl carbamates (subject to hydrolysis) is 1. The average Bonchev–Trinajstić information content (AvgIpc) is 3.15. The predicted molar refractivity (Wildman–Crippen MR) is 143 cm³/mol. The minimum atomic E-state index is -1.73. The van der Waals surface area contributed by atoms with Gasteiger partial charge in [-0.2, -0.15) is 5.26 Å². The van der Waals surface area contributed by atoms with Gasteiger partial charge in [-0.05, 0) is 57.9 Å². The number of nitrogens with zero attached hydrogens (tertiary/aromatic N) is 3. The van der Waals surface area contributed by atoms with Crippen molar-refractivity contribution in [1.29, 1.82) is 5.26 Å². The number of benzene rings is 1. The van der Waals surface area contributed by atoms with Gasteiger partial charge >= 0.3 is 13.2 Å². The first-order chi connectivity index (χ1) is 18.2. The molecule has 3 rings (SSSR count). The highest BCUT2D eigenvalue weighted by Crippen LogP contribution is 2.27. The maximum atomic E-state index is 13.4. The van der Waals surface area contributed by atoms with Crippen LogP contribution < -0.4 is 5.32 Å². The third-order valence-corrected chi connectivity index (χ3v) is 7.49. The van der Waals surface area contributed by atoms with Crippen molar-refractivity contribution in [3.63, 3.8) is 0 Å². The molecule has 2 amide bonds. The van der Waals surface area contributed by atoms with E-state index in [0.29, 0.717) is 45.4 Å². The number of morpholine rings is 1. The van der Waals surface area contributed by atoms with Gasteiger partial charge in [0, 0.05) is 25.2 Å². The Balaban J connectivity index is 1.55. The van der Waals surface area contributed by atoms with E-state index in [2.05, 4.69) is 30.1 Å². The van der Waals surface area contributed by atoms with Crippen molar-refractivity contribution in [2.45, 2.75) is 70.0 Å². The summed E-state index contributed by atoms with van der Waals surface area (Å²) in [5, 5.41) is 32.0. The Hall–Kier alpha value is -2.65. The molecule has 2 heterocycles. The molecule has 0 bridgehead atoms. The van der Waals surface area contributed by atoms with Crippen molar-refractivity contribution in [3.05, 3.63) is 35.9 Å². The molecular weight excluding hydrogens is 487 g/mol. The van der Waals surface area contributed by atoms with Crippen LogP contribution in [0.15, 0.2) is 30.3 Å². The molecular formula is C27H41BN4O6. The normalized spacial score (nSPS) is 20.5. The summed E-state index contributed by atoms with van der Waals surface area (Å²) in [6.45, 7) is 7.64. The van der Waals surface area contributed by atoms with E-state index in [-0.39, 0.29) is 18.0 Å². The molecule has 0 spiro atoms. The summed E-state index contributed by atoms with van der Waals surface area (Å²) in [4.78, 5) is 30.0. The SMILES string of the molecule is CC(C)(CC(C#N)C(=O)N1CCCC[C@@H](OC(=O)N[C@@H](CCc2ccccc2)B(O)O)C1)N1CCOCC1.